The fourth-order valence-corrected chi connectivity index (χ4v) is 3.05. The van der Waals surface area contributed by atoms with Crippen LogP contribution in [0.3, 0.4) is 0 Å². The number of nitrogens with one attached hydrogen (secondary N) is 1. The van der Waals surface area contributed by atoms with Gasteiger partial charge >= 0.3 is 0 Å². The topological polar surface area (TPSA) is 30.5 Å². The molecule has 1 rings (SSSR count). The first-order valence-electron chi connectivity index (χ1n) is 8.13. The second-order valence-electron chi connectivity index (χ2n) is 5.96. The number of ether oxygens (including phenoxy) is 2. The largest absolute Gasteiger partial charge is 0.376 e. The van der Waals surface area contributed by atoms with Gasteiger partial charge in [-0.05, 0) is 45.6 Å². The van der Waals surface area contributed by atoms with Gasteiger partial charge in [0.1, 0.15) is 0 Å². The summed E-state index contributed by atoms with van der Waals surface area (Å²) in [6, 6.07) is 0.539. The first kappa shape index (κ1) is 16.9. The van der Waals surface area contributed by atoms with E-state index in [-0.39, 0.29) is 0 Å². The molecule has 1 fully saturated rings. The van der Waals surface area contributed by atoms with Crippen molar-refractivity contribution in [1.82, 2.24) is 5.32 Å². The number of hydrogen-bond acceptors (Lipinski definition) is 3. The Morgan fingerprint density at radius 2 is 1.95 bits per heavy atom. The zero-order valence-electron chi connectivity index (χ0n) is 13.3. The van der Waals surface area contributed by atoms with E-state index in [1.54, 1.807) is 0 Å². The molecule has 114 valence electrons. The lowest BCUT2D eigenvalue weighted by Gasteiger charge is -2.36. The zero-order chi connectivity index (χ0) is 14.1. The van der Waals surface area contributed by atoms with E-state index in [4.69, 9.17) is 9.47 Å². The Bertz CT molecular complexity index is 221. The van der Waals surface area contributed by atoms with Crippen LogP contribution in [0.25, 0.3) is 0 Å². The quantitative estimate of drug-likeness (QED) is 0.652. The summed E-state index contributed by atoms with van der Waals surface area (Å²) in [7, 11) is 0. The van der Waals surface area contributed by atoms with Crippen LogP contribution in [0.15, 0.2) is 0 Å². The first-order chi connectivity index (χ1) is 9.17. The Morgan fingerprint density at radius 3 is 2.58 bits per heavy atom. The predicted molar refractivity (Wildman–Crippen MR) is 80.5 cm³/mol. The molecule has 1 aliphatic carbocycles. The van der Waals surface area contributed by atoms with Gasteiger partial charge < -0.3 is 14.8 Å². The van der Waals surface area contributed by atoms with E-state index in [9.17, 15) is 0 Å². The highest BCUT2D eigenvalue weighted by Crippen LogP contribution is 2.29. The predicted octanol–water partition coefficient (Wildman–Crippen LogP) is 3.37. The summed E-state index contributed by atoms with van der Waals surface area (Å²) in [6.45, 7) is 11.1. The molecule has 0 heterocycles. The van der Waals surface area contributed by atoms with Crippen LogP contribution in [-0.2, 0) is 9.47 Å². The van der Waals surface area contributed by atoms with Crippen molar-refractivity contribution in [3.8, 4) is 0 Å². The van der Waals surface area contributed by atoms with Crippen molar-refractivity contribution in [2.45, 2.75) is 78.0 Å². The molecular weight excluding hydrogens is 238 g/mol. The summed E-state index contributed by atoms with van der Waals surface area (Å²) < 4.78 is 11.6. The Hall–Kier alpha value is -0.120. The molecule has 3 atom stereocenters. The van der Waals surface area contributed by atoms with Gasteiger partial charge in [-0.25, -0.2) is 0 Å². The third-order valence-electron chi connectivity index (χ3n) is 3.93. The van der Waals surface area contributed by atoms with Gasteiger partial charge in [0.05, 0.1) is 25.4 Å². The van der Waals surface area contributed by atoms with Crippen LogP contribution < -0.4 is 5.32 Å². The molecule has 1 aliphatic rings. The molecule has 19 heavy (non-hydrogen) atoms. The normalized spacial score (nSPS) is 27.9. The molecule has 0 aromatic carbocycles. The molecular formula is C16H33NO2. The van der Waals surface area contributed by atoms with Gasteiger partial charge in [0, 0.05) is 6.04 Å². The van der Waals surface area contributed by atoms with E-state index < -0.39 is 0 Å². The van der Waals surface area contributed by atoms with Gasteiger partial charge in [-0.15, -0.1) is 0 Å². The van der Waals surface area contributed by atoms with Gasteiger partial charge in [-0.2, -0.15) is 0 Å². The molecule has 3 unspecified atom stereocenters. The molecule has 0 saturated heterocycles. The minimum Gasteiger partial charge on any atom is -0.376 e. The van der Waals surface area contributed by atoms with E-state index in [2.05, 4.69) is 33.0 Å². The average molecular weight is 271 g/mol. The van der Waals surface area contributed by atoms with Gasteiger partial charge in [0.25, 0.3) is 0 Å². The van der Waals surface area contributed by atoms with Crippen LogP contribution in [0, 0.1) is 5.92 Å². The molecule has 0 amide bonds. The first-order valence-corrected chi connectivity index (χ1v) is 8.13. The average Bonchev–Trinajstić information content (AvgIpc) is 2.37. The highest BCUT2D eigenvalue weighted by molar-refractivity contribution is 4.85. The van der Waals surface area contributed by atoms with E-state index >= 15 is 0 Å². The minimum atomic E-state index is 0.298. The number of rotatable bonds is 9. The standard InChI is InChI=1S/C16H33NO2/c1-5-7-14-8-9-15(17-6-2)16(12-14)19-11-10-18-13(3)4/h13-17H,5-12H2,1-4H3. The highest BCUT2D eigenvalue weighted by Gasteiger charge is 2.30. The molecule has 0 aliphatic heterocycles. The molecule has 0 radical (unpaired) electrons. The van der Waals surface area contributed by atoms with Crippen molar-refractivity contribution in [2.75, 3.05) is 19.8 Å². The van der Waals surface area contributed by atoms with E-state index in [0.717, 1.165) is 19.1 Å². The van der Waals surface area contributed by atoms with Crippen LogP contribution in [-0.4, -0.2) is 38.0 Å². The second kappa shape index (κ2) is 9.73. The summed E-state index contributed by atoms with van der Waals surface area (Å²) in [5.74, 6) is 0.857. The fourth-order valence-electron chi connectivity index (χ4n) is 3.05. The van der Waals surface area contributed by atoms with Crippen LogP contribution in [0.2, 0.25) is 0 Å². The van der Waals surface area contributed by atoms with Gasteiger partial charge in [-0.1, -0.05) is 26.7 Å². The van der Waals surface area contributed by atoms with Crippen LogP contribution in [0.4, 0.5) is 0 Å². The maximum atomic E-state index is 6.09. The van der Waals surface area contributed by atoms with E-state index in [1.165, 1.54) is 32.1 Å². The summed E-state index contributed by atoms with van der Waals surface area (Å²) in [4.78, 5) is 0. The van der Waals surface area contributed by atoms with E-state index in [1.807, 2.05) is 0 Å². The summed E-state index contributed by atoms with van der Waals surface area (Å²) >= 11 is 0. The van der Waals surface area contributed by atoms with Crippen molar-refractivity contribution < 1.29 is 9.47 Å². The lowest BCUT2D eigenvalue weighted by atomic mass is 9.81. The fraction of sp³-hybridized carbons (Fsp3) is 1.00. The van der Waals surface area contributed by atoms with Crippen molar-refractivity contribution >= 4 is 0 Å². The Labute approximate surface area is 119 Å². The van der Waals surface area contributed by atoms with Crippen molar-refractivity contribution in [3.05, 3.63) is 0 Å². The summed E-state index contributed by atoms with van der Waals surface area (Å²) in [6.07, 6.45) is 7.14. The smallest absolute Gasteiger partial charge is 0.0731 e. The Morgan fingerprint density at radius 1 is 1.16 bits per heavy atom. The number of hydrogen-bond donors (Lipinski definition) is 1. The molecule has 0 aromatic rings. The van der Waals surface area contributed by atoms with Crippen LogP contribution >= 0.6 is 0 Å². The third kappa shape index (κ3) is 6.73. The van der Waals surface area contributed by atoms with Crippen LogP contribution in [0.1, 0.15) is 59.8 Å². The molecule has 1 saturated carbocycles. The molecule has 3 nitrogen and oxygen atoms in total. The molecule has 0 spiro atoms. The van der Waals surface area contributed by atoms with Crippen molar-refractivity contribution in [3.63, 3.8) is 0 Å². The monoisotopic (exact) mass is 271 g/mol. The van der Waals surface area contributed by atoms with Crippen molar-refractivity contribution in [1.29, 1.82) is 0 Å². The Balaban J connectivity index is 2.33. The minimum absolute atomic E-state index is 0.298. The molecule has 0 bridgehead atoms. The van der Waals surface area contributed by atoms with Gasteiger partial charge in [0.15, 0.2) is 0 Å². The summed E-state index contributed by atoms with van der Waals surface area (Å²) in [5, 5.41) is 3.58. The zero-order valence-corrected chi connectivity index (χ0v) is 13.3. The SMILES string of the molecule is CCCC1CCC(NCC)C(OCCOC(C)C)C1. The third-order valence-corrected chi connectivity index (χ3v) is 3.93. The van der Waals surface area contributed by atoms with Crippen LogP contribution in [0.5, 0.6) is 0 Å². The maximum Gasteiger partial charge on any atom is 0.0731 e. The van der Waals surface area contributed by atoms with Gasteiger partial charge in [-0.3, -0.25) is 0 Å². The van der Waals surface area contributed by atoms with Gasteiger partial charge in [0.2, 0.25) is 0 Å². The molecule has 3 heteroatoms. The lowest BCUT2D eigenvalue weighted by Crippen LogP contribution is -2.46. The second-order valence-corrected chi connectivity index (χ2v) is 5.96. The number of likely N-dealkylation sites (N-methyl/N-ethyl adjacent to an activating group) is 1. The lowest BCUT2D eigenvalue weighted by molar-refractivity contribution is -0.0457. The maximum absolute atomic E-state index is 6.09. The van der Waals surface area contributed by atoms with Crippen molar-refractivity contribution in [2.24, 2.45) is 5.92 Å². The molecule has 1 N–H and O–H groups in total. The Kier molecular flexibility index (Phi) is 8.67. The van der Waals surface area contributed by atoms with E-state index in [0.29, 0.717) is 24.9 Å². The summed E-state index contributed by atoms with van der Waals surface area (Å²) in [5.41, 5.74) is 0. The molecule has 0 aromatic heterocycles. The highest BCUT2D eigenvalue weighted by atomic mass is 16.5.